The molecule has 212 valence electrons. The number of aromatic nitrogens is 3. The van der Waals surface area contributed by atoms with Crippen molar-refractivity contribution in [3.8, 4) is 0 Å². The molecule has 1 aromatic carbocycles. The molecule has 7 rings (SSSR count). The number of aliphatic hydroxyl groups excluding tert-OH is 1. The first-order chi connectivity index (χ1) is 19.3. The lowest BCUT2D eigenvalue weighted by Crippen LogP contribution is -2.66. The molecule has 1 spiro atoms. The smallest absolute Gasteiger partial charge is 0.256 e. The second-order valence-corrected chi connectivity index (χ2v) is 13.0. The molecule has 3 aromatic rings. The number of nitrogens with zero attached hydrogens (tertiary/aromatic N) is 6. The van der Waals surface area contributed by atoms with Gasteiger partial charge in [-0.2, -0.15) is 9.61 Å². The van der Waals surface area contributed by atoms with Crippen LogP contribution in [0, 0.1) is 5.41 Å². The predicted molar refractivity (Wildman–Crippen MR) is 153 cm³/mol. The average Bonchev–Trinajstić information content (AvgIpc) is 3.30. The van der Waals surface area contributed by atoms with Crippen LogP contribution in [0.5, 0.6) is 0 Å². The van der Waals surface area contributed by atoms with Crippen molar-refractivity contribution in [1.29, 1.82) is 0 Å². The van der Waals surface area contributed by atoms with E-state index >= 15 is 0 Å². The average molecular weight is 586 g/mol. The third-order valence-electron chi connectivity index (χ3n) is 8.36. The van der Waals surface area contributed by atoms with Gasteiger partial charge in [-0.3, -0.25) is 4.79 Å². The molecule has 0 saturated carbocycles. The summed E-state index contributed by atoms with van der Waals surface area (Å²) in [6.45, 7) is 5.10. The number of carbonyl (C=O) groups is 1. The fourth-order valence-corrected chi connectivity index (χ4v) is 6.89. The third-order valence-corrected chi connectivity index (χ3v) is 9.11. The number of fused-ring (bicyclic) bond motifs is 1. The third kappa shape index (κ3) is 4.50. The number of halogens is 1. The molecule has 0 bridgehead atoms. The van der Waals surface area contributed by atoms with Gasteiger partial charge >= 0.3 is 0 Å². The zero-order valence-corrected chi connectivity index (χ0v) is 23.8. The highest BCUT2D eigenvalue weighted by Gasteiger charge is 2.50. The molecule has 0 radical (unpaired) electrons. The zero-order valence-electron chi connectivity index (χ0n) is 22.3. The summed E-state index contributed by atoms with van der Waals surface area (Å²) < 4.78 is 22.2. The number of benzene rings is 1. The predicted octanol–water partition coefficient (Wildman–Crippen LogP) is 2.47. The molecule has 4 saturated heterocycles. The molecule has 11 nitrogen and oxygen atoms in total. The molecular weight excluding hydrogens is 554 g/mol. The van der Waals surface area contributed by atoms with Crippen molar-refractivity contribution in [3.63, 3.8) is 0 Å². The fourth-order valence-electron chi connectivity index (χ4n) is 6.23. The van der Waals surface area contributed by atoms with Gasteiger partial charge in [0.1, 0.15) is 22.6 Å². The molecular formula is C27H32ClN7O4S. The number of hydrogen-bond donors (Lipinski definition) is 2. The molecule has 2 N–H and O–H groups in total. The molecule has 1 amide bonds. The highest BCUT2D eigenvalue weighted by molar-refractivity contribution is 7.85. The summed E-state index contributed by atoms with van der Waals surface area (Å²) in [6, 6.07) is 8.82. The van der Waals surface area contributed by atoms with E-state index < -0.39 is 11.0 Å². The summed E-state index contributed by atoms with van der Waals surface area (Å²) in [5, 5.41) is 15.4. The SMILES string of the molecule is CS(=O)Nc1ccc(Cl)cc1C(=O)N1CCCCC1c1cc2nc(N3CC(O)C3)cc(N3CC4(COC4)C3)n2n1. The molecule has 40 heavy (non-hydrogen) atoms. The highest BCUT2D eigenvalue weighted by Crippen LogP contribution is 2.42. The minimum absolute atomic E-state index is 0.171. The molecule has 4 aliphatic heterocycles. The second kappa shape index (κ2) is 9.86. The lowest BCUT2D eigenvalue weighted by atomic mass is 9.78. The van der Waals surface area contributed by atoms with Crippen LogP contribution in [0.4, 0.5) is 17.3 Å². The van der Waals surface area contributed by atoms with Gasteiger partial charge in [0.2, 0.25) is 0 Å². The Labute approximate surface area is 239 Å². The van der Waals surface area contributed by atoms with Crippen molar-refractivity contribution >= 4 is 51.5 Å². The fraction of sp³-hybridized carbons (Fsp3) is 0.519. The Kier molecular flexibility index (Phi) is 6.41. The lowest BCUT2D eigenvalue weighted by Gasteiger charge is -2.55. The number of hydrogen-bond acceptors (Lipinski definition) is 8. The van der Waals surface area contributed by atoms with Crippen LogP contribution in [-0.2, 0) is 15.7 Å². The van der Waals surface area contributed by atoms with E-state index in [1.807, 2.05) is 15.5 Å². The number of amides is 1. The van der Waals surface area contributed by atoms with Crippen molar-refractivity contribution in [2.75, 3.05) is 66.7 Å². The van der Waals surface area contributed by atoms with Gasteiger partial charge in [-0.05, 0) is 37.5 Å². The summed E-state index contributed by atoms with van der Waals surface area (Å²) in [7, 11) is -1.34. The maximum atomic E-state index is 13.9. The van der Waals surface area contributed by atoms with Crippen LogP contribution in [0.25, 0.3) is 5.65 Å². The van der Waals surface area contributed by atoms with E-state index in [9.17, 15) is 14.1 Å². The Morgan fingerprint density at radius 3 is 2.67 bits per heavy atom. The van der Waals surface area contributed by atoms with E-state index in [2.05, 4.69) is 20.6 Å². The Morgan fingerprint density at radius 2 is 1.98 bits per heavy atom. The summed E-state index contributed by atoms with van der Waals surface area (Å²) >= 11 is 6.28. The molecule has 2 unspecified atom stereocenters. The van der Waals surface area contributed by atoms with Gasteiger partial charge in [0.15, 0.2) is 5.65 Å². The molecule has 13 heteroatoms. The van der Waals surface area contributed by atoms with Crippen LogP contribution in [0.15, 0.2) is 30.3 Å². The minimum atomic E-state index is -1.34. The van der Waals surface area contributed by atoms with Crippen molar-refractivity contribution in [2.24, 2.45) is 5.41 Å². The number of nitrogens with one attached hydrogen (secondary N) is 1. The van der Waals surface area contributed by atoms with Gasteiger partial charge in [0, 0.05) is 56.1 Å². The van der Waals surface area contributed by atoms with Gasteiger partial charge < -0.3 is 29.3 Å². The van der Waals surface area contributed by atoms with Crippen LogP contribution >= 0.6 is 11.6 Å². The van der Waals surface area contributed by atoms with E-state index in [1.165, 1.54) is 6.26 Å². The maximum absolute atomic E-state index is 13.9. The van der Waals surface area contributed by atoms with Crippen LogP contribution in [0.3, 0.4) is 0 Å². The monoisotopic (exact) mass is 585 g/mol. The number of likely N-dealkylation sites (tertiary alicyclic amines) is 1. The molecule has 0 aliphatic carbocycles. The normalized spacial score (nSPS) is 23.1. The van der Waals surface area contributed by atoms with E-state index in [0.717, 1.165) is 68.5 Å². The Hall–Kier alpha value is -2.93. The Bertz CT molecular complexity index is 1500. The first-order valence-corrected chi connectivity index (χ1v) is 15.6. The number of β-amino-alcohol motifs (C(OH)–C–C–N with tert-alkyl or cyclic N) is 1. The molecule has 6 heterocycles. The van der Waals surface area contributed by atoms with Crippen molar-refractivity contribution in [2.45, 2.75) is 31.4 Å². The summed E-state index contributed by atoms with van der Waals surface area (Å²) in [6.07, 6.45) is 3.85. The molecule has 2 atom stereocenters. The number of aliphatic hydroxyl groups is 1. The largest absolute Gasteiger partial charge is 0.389 e. The minimum Gasteiger partial charge on any atom is -0.389 e. The van der Waals surface area contributed by atoms with Crippen LogP contribution in [0.2, 0.25) is 5.02 Å². The number of rotatable bonds is 6. The van der Waals surface area contributed by atoms with Crippen LogP contribution in [0.1, 0.15) is 41.4 Å². The van der Waals surface area contributed by atoms with Gasteiger partial charge in [0.05, 0.1) is 47.7 Å². The highest BCUT2D eigenvalue weighted by atomic mass is 35.5. The van der Waals surface area contributed by atoms with Gasteiger partial charge in [0.25, 0.3) is 5.91 Å². The number of ether oxygens (including phenoxy) is 1. The lowest BCUT2D eigenvalue weighted by molar-refractivity contribution is -0.127. The van der Waals surface area contributed by atoms with Crippen molar-refractivity contribution in [3.05, 3.63) is 46.6 Å². The van der Waals surface area contributed by atoms with Gasteiger partial charge in [-0.1, -0.05) is 11.6 Å². The Morgan fingerprint density at radius 1 is 1.18 bits per heavy atom. The van der Waals surface area contributed by atoms with E-state index in [-0.39, 0.29) is 23.5 Å². The second-order valence-electron chi connectivity index (χ2n) is 11.5. The van der Waals surface area contributed by atoms with Crippen LogP contribution < -0.4 is 14.5 Å². The Balaban J connectivity index is 1.24. The van der Waals surface area contributed by atoms with Crippen molar-refractivity contribution in [1.82, 2.24) is 19.5 Å². The van der Waals surface area contributed by atoms with Crippen molar-refractivity contribution < 1.29 is 18.8 Å². The zero-order chi connectivity index (χ0) is 27.6. The maximum Gasteiger partial charge on any atom is 0.256 e. The number of anilines is 3. The molecule has 2 aromatic heterocycles. The summed E-state index contributed by atoms with van der Waals surface area (Å²) in [5.74, 6) is 1.62. The van der Waals surface area contributed by atoms with Crippen LogP contribution in [-0.4, -0.2) is 93.0 Å². The molecule has 4 fully saturated rings. The topological polar surface area (TPSA) is 116 Å². The quantitative estimate of drug-likeness (QED) is 0.453. The van der Waals surface area contributed by atoms with E-state index in [1.54, 1.807) is 18.2 Å². The molecule has 4 aliphatic rings. The van der Waals surface area contributed by atoms with Gasteiger partial charge in [-0.25, -0.2) is 9.19 Å². The number of piperidine rings is 1. The first-order valence-electron chi connectivity index (χ1n) is 13.7. The van der Waals surface area contributed by atoms with E-state index in [0.29, 0.717) is 35.9 Å². The van der Waals surface area contributed by atoms with Gasteiger partial charge in [-0.15, -0.1) is 0 Å². The summed E-state index contributed by atoms with van der Waals surface area (Å²) in [5.41, 5.74) is 2.63. The standard InChI is InChI=1S/C27H32ClN7O4S/c1-40(38)31-20-6-5-17(28)8-19(20)26(37)34-7-3-2-4-22(34)21-9-24-29-23(32-11-18(36)12-32)10-25(35(24)30-21)33-13-27(14-33)15-39-16-27/h5-6,8-10,18,22,31,36H,2-4,7,11-16H2,1H3. The first kappa shape index (κ1) is 26.0. The number of carbonyl (C=O) groups excluding carboxylic acids is 1. The summed E-state index contributed by atoms with van der Waals surface area (Å²) in [4.78, 5) is 25.1. The van der Waals surface area contributed by atoms with E-state index in [4.69, 9.17) is 26.4 Å².